The molecular formula is C27H23Cl2N3O2. The Morgan fingerprint density at radius 1 is 0.912 bits per heavy atom. The largest absolute Gasteiger partial charge is 0.372 e. The van der Waals surface area contributed by atoms with Gasteiger partial charge in [0.25, 0.3) is 5.91 Å². The molecule has 0 unspecified atom stereocenters. The highest BCUT2D eigenvalue weighted by Crippen LogP contribution is 2.30. The summed E-state index contributed by atoms with van der Waals surface area (Å²) in [6, 6.07) is 25.0. The van der Waals surface area contributed by atoms with Crippen LogP contribution in [0.3, 0.4) is 0 Å². The number of nitrogens with one attached hydrogen (secondary N) is 1. The monoisotopic (exact) mass is 491 g/mol. The Bertz CT molecular complexity index is 1310. The number of hydrogen-bond acceptors (Lipinski definition) is 3. The summed E-state index contributed by atoms with van der Waals surface area (Å²) >= 11 is 12.2. The van der Waals surface area contributed by atoms with E-state index in [9.17, 15) is 9.90 Å². The fourth-order valence-electron chi connectivity index (χ4n) is 3.97. The SMILES string of the molecule is Cc1cc(/C=N\NC(=O)C(O)(c2ccccc2)c2ccccc2)c(C)n1-c1ccc(Cl)c(Cl)c1. The van der Waals surface area contributed by atoms with Crippen molar-refractivity contribution in [2.45, 2.75) is 19.4 Å². The van der Waals surface area contributed by atoms with E-state index < -0.39 is 11.5 Å². The van der Waals surface area contributed by atoms with Crippen LogP contribution in [-0.4, -0.2) is 21.8 Å². The van der Waals surface area contributed by atoms with Gasteiger partial charge in [-0.3, -0.25) is 4.79 Å². The Kier molecular flexibility index (Phi) is 6.89. The molecule has 0 fully saturated rings. The molecule has 4 rings (SSSR count). The number of nitrogens with zero attached hydrogens (tertiary/aromatic N) is 2. The topological polar surface area (TPSA) is 66.6 Å². The molecule has 0 atom stereocenters. The van der Waals surface area contributed by atoms with E-state index in [1.807, 2.05) is 42.7 Å². The molecule has 7 heteroatoms. The molecular weight excluding hydrogens is 469 g/mol. The Morgan fingerprint density at radius 3 is 2.06 bits per heavy atom. The molecule has 5 nitrogen and oxygen atoms in total. The third-order valence-electron chi connectivity index (χ3n) is 5.71. The summed E-state index contributed by atoms with van der Waals surface area (Å²) in [5, 5.41) is 16.6. The summed E-state index contributed by atoms with van der Waals surface area (Å²) in [5.41, 5.74) is 5.08. The zero-order valence-corrected chi connectivity index (χ0v) is 20.2. The van der Waals surface area contributed by atoms with Crippen LogP contribution in [0.4, 0.5) is 0 Å². The summed E-state index contributed by atoms with van der Waals surface area (Å²) in [7, 11) is 0. The normalized spacial score (nSPS) is 11.7. The lowest BCUT2D eigenvalue weighted by Gasteiger charge is -2.27. The Balaban J connectivity index is 1.61. The van der Waals surface area contributed by atoms with Crippen LogP contribution in [0, 0.1) is 13.8 Å². The highest BCUT2D eigenvalue weighted by Gasteiger charge is 2.39. The van der Waals surface area contributed by atoms with Gasteiger partial charge in [0.2, 0.25) is 0 Å². The maximum atomic E-state index is 13.2. The number of carbonyl (C=O) groups is 1. The van der Waals surface area contributed by atoms with Crippen LogP contribution in [0.15, 0.2) is 90.0 Å². The smallest absolute Gasteiger partial charge is 0.281 e. The van der Waals surface area contributed by atoms with Crippen LogP contribution in [0.25, 0.3) is 5.69 Å². The molecule has 1 aromatic heterocycles. The van der Waals surface area contributed by atoms with Crippen LogP contribution in [0.1, 0.15) is 28.1 Å². The van der Waals surface area contributed by atoms with Crippen LogP contribution in [0.5, 0.6) is 0 Å². The second-order valence-corrected chi connectivity index (χ2v) is 8.72. The first-order valence-corrected chi connectivity index (χ1v) is 11.4. The van der Waals surface area contributed by atoms with Crippen LogP contribution >= 0.6 is 23.2 Å². The Labute approximate surface area is 208 Å². The van der Waals surface area contributed by atoms with E-state index >= 15 is 0 Å². The minimum atomic E-state index is -1.89. The fourth-order valence-corrected chi connectivity index (χ4v) is 4.26. The summed E-state index contributed by atoms with van der Waals surface area (Å²) in [5.74, 6) is -0.653. The molecule has 0 aliphatic rings. The van der Waals surface area contributed by atoms with Gasteiger partial charge in [0.05, 0.1) is 16.3 Å². The lowest BCUT2D eigenvalue weighted by Crippen LogP contribution is -2.43. The van der Waals surface area contributed by atoms with Crippen molar-refractivity contribution in [2.24, 2.45) is 5.10 Å². The average Bonchev–Trinajstić information content (AvgIpc) is 3.14. The van der Waals surface area contributed by atoms with Crippen LogP contribution < -0.4 is 5.43 Å². The lowest BCUT2D eigenvalue weighted by atomic mass is 9.85. The number of rotatable bonds is 6. The van der Waals surface area contributed by atoms with Crippen molar-refractivity contribution in [1.82, 2.24) is 9.99 Å². The summed E-state index contributed by atoms with van der Waals surface area (Å²) in [6.07, 6.45) is 1.56. The maximum Gasteiger partial charge on any atom is 0.281 e. The molecule has 172 valence electrons. The number of halogens is 2. The molecule has 0 aliphatic carbocycles. The number of aliphatic hydroxyl groups is 1. The molecule has 2 N–H and O–H groups in total. The zero-order chi connectivity index (χ0) is 24.3. The fraction of sp³-hybridized carbons (Fsp3) is 0.111. The van der Waals surface area contributed by atoms with Gasteiger partial charge in [0.1, 0.15) is 0 Å². The van der Waals surface area contributed by atoms with Gasteiger partial charge in [-0.15, -0.1) is 0 Å². The minimum Gasteiger partial charge on any atom is -0.372 e. The van der Waals surface area contributed by atoms with Crippen molar-refractivity contribution in [1.29, 1.82) is 0 Å². The van der Waals surface area contributed by atoms with Gasteiger partial charge in [0, 0.05) is 22.6 Å². The van der Waals surface area contributed by atoms with Crippen molar-refractivity contribution in [2.75, 3.05) is 0 Å². The summed E-state index contributed by atoms with van der Waals surface area (Å²) in [4.78, 5) is 13.2. The molecule has 0 aliphatic heterocycles. The number of aryl methyl sites for hydroxylation is 1. The predicted molar refractivity (Wildman–Crippen MR) is 137 cm³/mol. The Morgan fingerprint density at radius 2 is 1.50 bits per heavy atom. The van der Waals surface area contributed by atoms with Gasteiger partial charge in [-0.05, 0) is 49.2 Å². The van der Waals surface area contributed by atoms with Crippen molar-refractivity contribution in [3.8, 4) is 5.69 Å². The van der Waals surface area contributed by atoms with E-state index in [1.54, 1.807) is 66.9 Å². The molecule has 0 radical (unpaired) electrons. The first-order valence-electron chi connectivity index (χ1n) is 10.6. The predicted octanol–water partition coefficient (Wildman–Crippen LogP) is 5.79. The van der Waals surface area contributed by atoms with E-state index in [4.69, 9.17) is 23.2 Å². The van der Waals surface area contributed by atoms with Gasteiger partial charge < -0.3 is 9.67 Å². The highest BCUT2D eigenvalue weighted by atomic mass is 35.5. The van der Waals surface area contributed by atoms with Crippen LogP contribution in [0.2, 0.25) is 10.0 Å². The molecule has 34 heavy (non-hydrogen) atoms. The van der Waals surface area contributed by atoms with Crippen molar-refractivity contribution < 1.29 is 9.90 Å². The van der Waals surface area contributed by atoms with Gasteiger partial charge in [-0.2, -0.15) is 5.10 Å². The molecule has 0 bridgehead atoms. The summed E-state index contributed by atoms with van der Waals surface area (Å²) < 4.78 is 2.02. The highest BCUT2D eigenvalue weighted by molar-refractivity contribution is 6.42. The lowest BCUT2D eigenvalue weighted by molar-refractivity contribution is -0.136. The molecule has 1 amide bonds. The number of aromatic nitrogens is 1. The minimum absolute atomic E-state index is 0.451. The first-order chi connectivity index (χ1) is 16.3. The number of hydrazone groups is 1. The van der Waals surface area contributed by atoms with Gasteiger partial charge in [-0.1, -0.05) is 83.9 Å². The molecule has 0 saturated carbocycles. The Hall–Kier alpha value is -3.38. The first kappa shape index (κ1) is 23.8. The van der Waals surface area contributed by atoms with Gasteiger partial charge in [-0.25, -0.2) is 5.43 Å². The van der Waals surface area contributed by atoms with Gasteiger partial charge >= 0.3 is 0 Å². The molecule has 4 aromatic rings. The van der Waals surface area contributed by atoms with E-state index in [2.05, 4.69) is 10.5 Å². The average molecular weight is 492 g/mol. The van der Waals surface area contributed by atoms with E-state index in [0.717, 1.165) is 22.6 Å². The van der Waals surface area contributed by atoms with Crippen molar-refractivity contribution in [3.05, 3.63) is 123 Å². The molecule has 1 heterocycles. The quantitative estimate of drug-likeness (QED) is 0.265. The third-order valence-corrected chi connectivity index (χ3v) is 6.45. The third kappa shape index (κ3) is 4.50. The second-order valence-electron chi connectivity index (χ2n) is 7.90. The maximum absolute atomic E-state index is 13.2. The van der Waals surface area contributed by atoms with E-state index in [1.165, 1.54) is 0 Å². The molecule has 0 spiro atoms. The number of benzene rings is 3. The van der Waals surface area contributed by atoms with Crippen molar-refractivity contribution in [3.63, 3.8) is 0 Å². The van der Waals surface area contributed by atoms with E-state index in [0.29, 0.717) is 21.2 Å². The van der Waals surface area contributed by atoms with Crippen LogP contribution in [-0.2, 0) is 10.4 Å². The van der Waals surface area contributed by atoms with Gasteiger partial charge in [0.15, 0.2) is 5.60 Å². The number of carbonyl (C=O) groups excluding carboxylic acids is 1. The number of hydrogen-bond donors (Lipinski definition) is 2. The number of amides is 1. The molecule has 0 saturated heterocycles. The van der Waals surface area contributed by atoms with E-state index in [-0.39, 0.29) is 0 Å². The zero-order valence-electron chi connectivity index (χ0n) is 18.7. The standard InChI is InChI=1S/C27H23Cl2N3O2/c1-18-15-20(19(2)32(18)23-13-14-24(28)25(29)16-23)17-30-31-26(33)27(34,21-9-5-3-6-10-21)22-11-7-4-8-12-22/h3-17,34H,1-2H3,(H,31,33)/b30-17-. The summed E-state index contributed by atoms with van der Waals surface area (Å²) in [6.45, 7) is 3.91. The molecule has 3 aromatic carbocycles. The van der Waals surface area contributed by atoms with Crippen molar-refractivity contribution >= 4 is 35.3 Å². The second kappa shape index (κ2) is 9.85.